The summed E-state index contributed by atoms with van der Waals surface area (Å²) in [5.74, 6) is 0. The van der Waals surface area contributed by atoms with Gasteiger partial charge in [0.15, 0.2) is 0 Å². The van der Waals surface area contributed by atoms with Gasteiger partial charge in [0.25, 0.3) is 0 Å². The van der Waals surface area contributed by atoms with Crippen LogP contribution in [-0.2, 0) is 18.9 Å². The molecular formula is C42H92N4O4. The first kappa shape index (κ1) is 51.8. The molecule has 0 aromatic rings. The summed E-state index contributed by atoms with van der Waals surface area (Å²) < 4.78 is 22.5. The molecular weight excluding hydrogens is 624 g/mol. The average Bonchev–Trinajstić information content (AvgIpc) is 3.67. The molecule has 0 N–H and O–H groups in total. The zero-order chi connectivity index (χ0) is 38.7. The zero-order valence-electron chi connectivity index (χ0n) is 37.0. The third-order valence-corrected chi connectivity index (χ3v) is 7.77. The van der Waals surface area contributed by atoms with E-state index >= 15 is 0 Å². The molecule has 50 heavy (non-hydrogen) atoms. The first-order chi connectivity index (χ1) is 23.0. The molecule has 2 aliphatic heterocycles. The third kappa shape index (κ3) is 45.7. The molecule has 0 aliphatic carbocycles. The van der Waals surface area contributed by atoms with E-state index in [1.165, 1.54) is 90.6 Å². The van der Waals surface area contributed by atoms with Gasteiger partial charge in [-0.15, -0.1) is 0 Å². The largest absolute Gasteiger partial charge is 0.376 e. The fraction of sp³-hybridized carbons (Fsp3) is 1.00. The van der Waals surface area contributed by atoms with Gasteiger partial charge < -0.3 is 38.5 Å². The first-order valence-electron chi connectivity index (χ1n) is 20.3. The van der Waals surface area contributed by atoms with E-state index in [0.717, 1.165) is 52.4 Å². The predicted molar refractivity (Wildman–Crippen MR) is 219 cm³/mol. The van der Waals surface area contributed by atoms with E-state index in [0.29, 0.717) is 0 Å². The molecule has 8 nitrogen and oxygen atoms in total. The van der Waals surface area contributed by atoms with Crippen molar-refractivity contribution < 1.29 is 18.9 Å². The van der Waals surface area contributed by atoms with Crippen molar-refractivity contribution >= 4 is 0 Å². The number of unbranched alkanes of at least 4 members (excludes halogenated alkanes) is 2. The highest BCUT2D eigenvalue weighted by atomic mass is 16.5. The Morgan fingerprint density at radius 3 is 1.00 bits per heavy atom. The van der Waals surface area contributed by atoms with Gasteiger partial charge in [0, 0.05) is 33.0 Å². The third-order valence-electron chi connectivity index (χ3n) is 7.77. The van der Waals surface area contributed by atoms with Gasteiger partial charge in [-0.3, -0.25) is 0 Å². The molecule has 2 aliphatic rings. The highest BCUT2D eigenvalue weighted by Crippen LogP contribution is 2.12. The highest BCUT2D eigenvalue weighted by Gasteiger charge is 2.14. The summed E-state index contributed by atoms with van der Waals surface area (Å²) in [4.78, 5) is 9.48. The molecule has 304 valence electrons. The molecule has 2 fully saturated rings. The second-order valence-corrected chi connectivity index (χ2v) is 18.7. The van der Waals surface area contributed by atoms with E-state index in [1.807, 2.05) is 0 Å². The van der Waals surface area contributed by atoms with E-state index in [9.17, 15) is 0 Å². The number of hydrogen-bond acceptors (Lipinski definition) is 8. The van der Waals surface area contributed by atoms with Crippen LogP contribution in [0.1, 0.15) is 147 Å². The van der Waals surface area contributed by atoms with Crippen molar-refractivity contribution in [2.75, 3.05) is 107 Å². The maximum Gasteiger partial charge on any atom is 0.0598 e. The van der Waals surface area contributed by atoms with Crippen LogP contribution in [0, 0.1) is 0 Å². The van der Waals surface area contributed by atoms with Gasteiger partial charge >= 0.3 is 0 Å². The fourth-order valence-corrected chi connectivity index (χ4v) is 5.16. The predicted octanol–water partition coefficient (Wildman–Crippen LogP) is 8.86. The molecule has 2 heterocycles. The minimum absolute atomic E-state index is 0.0202. The van der Waals surface area contributed by atoms with E-state index < -0.39 is 0 Å². The maximum absolute atomic E-state index is 5.68. The quantitative estimate of drug-likeness (QED) is 0.131. The van der Waals surface area contributed by atoms with Crippen LogP contribution in [-0.4, -0.2) is 149 Å². The van der Waals surface area contributed by atoms with E-state index in [4.69, 9.17) is 18.9 Å². The van der Waals surface area contributed by atoms with Crippen molar-refractivity contribution in [3.8, 4) is 0 Å². The summed E-state index contributed by atoms with van der Waals surface area (Å²) in [6.45, 7) is 38.8. The number of ether oxygens (including phenoxy) is 4. The molecule has 0 atom stereocenters. The summed E-state index contributed by atoms with van der Waals surface area (Å²) in [7, 11) is 8.36. The molecule has 0 radical (unpaired) electrons. The highest BCUT2D eigenvalue weighted by molar-refractivity contribution is 4.67. The minimum Gasteiger partial charge on any atom is -0.376 e. The molecule has 0 unspecified atom stereocenters. The van der Waals surface area contributed by atoms with E-state index in [2.05, 4.69) is 131 Å². The lowest BCUT2D eigenvalue weighted by molar-refractivity contribution is -0.00654. The molecule has 0 amide bonds. The molecule has 0 saturated carbocycles. The topological polar surface area (TPSA) is 49.9 Å². The van der Waals surface area contributed by atoms with Crippen LogP contribution in [0.5, 0.6) is 0 Å². The van der Waals surface area contributed by atoms with Crippen LogP contribution < -0.4 is 0 Å². The molecule has 2 saturated heterocycles. The number of rotatable bonds is 18. The van der Waals surface area contributed by atoms with Crippen LogP contribution in [0.3, 0.4) is 0 Å². The second kappa shape index (κ2) is 29.1. The Hall–Kier alpha value is -0.320. The SMILES string of the molecule is CC(C)(C)OCCCCN1CCCC1.CC(C)(C)OCCCN1CCCC1.CN(C)CCCCOC(C)(C)C.CN(C)CCCOC(C)(C)C. The van der Waals surface area contributed by atoms with Crippen molar-refractivity contribution in [1.29, 1.82) is 0 Å². The summed E-state index contributed by atoms with van der Waals surface area (Å²) >= 11 is 0. The van der Waals surface area contributed by atoms with Crippen molar-refractivity contribution in [3.63, 3.8) is 0 Å². The zero-order valence-corrected chi connectivity index (χ0v) is 37.0. The Labute approximate surface area is 314 Å². The Morgan fingerprint density at radius 1 is 0.380 bits per heavy atom. The lowest BCUT2D eigenvalue weighted by atomic mass is 10.2. The number of likely N-dealkylation sites (tertiary alicyclic amines) is 2. The van der Waals surface area contributed by atoms with Crippen LogP contribution >= 0.6 is 0 Å². The van der Waals surface area contributed by atoms with Crippen LogP contribution in [0.2, 0.25) is 0 Å². The molecule has 0 aromatic carbocycles. The van der Waals surface area contributed by atoms with Gasteiger partial charge in [0.1, 0.15) is 0 Å². The summed E-state index contributed by atoms with van der Waals surface area (Å²) in [6.07, 6.45) is 12.8. The van der Waals surface area contributed by atoms with Gasteiger partial charge in [-0.05, 0) is 221 Å². The Bertz CT molecular complexity index is 724. The molecule has 0 aromatic heterocycles. The minimum atomic E-state index is 0.0202. The lowest BCUT2D eigenvalue weighted by Crippen LogP contribution is -2.24. The Balaban J connectivity index is 0. The van der Waals surface area contributed by atoms with Crippen molar-refractivity contribution in [3.05, 3.63) is 0 Å². The fourth-order valence-electron chi connectivity index (χ4n) is 5.16. The van der Waals surface area contributed by atoms with Gasteiger partial charge in [-0.2, -0.15) is 0 Å². The van der Waals surface area contributed by atoms with Gasteiger partial charge in [-0.25, -0.2) is 0 Å². The smallest absolute Gasteiger partial charge is 0.0598 e. The standard InChI is InChI=1S/C12H25NO.C11H23NO.C10H23NO.C9H21NO/c1-12(2,3)14-11-7-6-10-13-8-4-5-9-13;1-11(2,3)13-10-6-9-12-7-4-5-8-12;1-10(2,3)12-9-7-6-8-11(4)5;1-9(2,3)11-8-6-7-10(4)5/h4-11H2,1-3H3;4-10H2,1-3H3;6-9H2,1-5H3;6-8H2,1-5H3. The van der Waals surface area contributed by atoms with Crippen LogP contribution in [0.15, 0.2) is 0 Å². The summed E-state index contributed by atoms with van der Waals surface area (Å²) in [5.41, 5.74) is 0.114. The normalized spacial score (nSPS) is 16.2. The van der Waals surface area contributed by atoms with E-state index in [-0.39, 0.29) is 22.4 Å². The van der Waals surface area contributed by atoms with Gasteiger partial charge in [-0.1, -0.05) is 0 Å². The van der Waals surface area contributed by atoms with Crippen molar-refractivity contribution in [1.82, 2.24) is 19.6 Å². The monoisotopic (exact) mass is 717 g/mol. The molecule has 2 rings (SSSR count). The number of nitrogens with zero attached hydrogens (tertiary/aromatic N) is 4. The van der Waals surface area contributed by atoms with Gasteiger partial charge in [0.05, 0.1) is 22.4 Å². The van der Waals surface area contributed by atoms with Crippen LogP contribution in [0.4, 0.5) is 0 Å². The van der Waals surface area contributed by atoms with Crippen molar-refractivity contribution in [2.45, 2.75) is 170 Å². The summed E-state index contributed by atoms with van der Waals surface area (Å²) in [5, 5.41) is 0. The Morgan fingerprint density at radius 2 is 0.660 bits per heavy atom. The van der Waals surface area contributed by atoms with E-state index in [1.54, 1.807) is 0 Å². The van der Waals surface area contributed by atoms with Crippen LogP contribution in [0.25, 0.3) is 0 Å². The Kier molecular flexibility index (Phi) is 30.1. The maximum atomic E-state index is 5.68. The van der Waals surface area contributed by atoms with Gasteiger partial charge in [0.2, 0.25) is 0 Å². The second-order valence-electron chi connectivity index (χ2n) is 18.7. The number of hydrogen-bond donors (Lipinski definition) is 0. The average molecular weight is 717 g/mol. The molecule has 0 bridgehead atoms. The summed E-state index contributed by atoms with van der Waals surface area (Å²) in [6, 6.07) is 0. The van der Waals surface area contributed by atoms with Crippen molar-refractivity contribution in [2.24, 2.45) is 0 Å². The molecule has 0 spiro atoms. The first-order valence-corrected chi connectivity index (χ1v) is 20.3. The molecule has 8 heteroatoms. The lowest BCUT2D eigenvalue weighted by Gasteiger charge is -2.21.